The molecule has 0 radical (unpaired) electrons. The van der Waals surface area contributed by atoms with Crippen LogP contribution in [0.4, 0.5) is 0 Å². The van der Waals surface area contributed by atoms with Crippen LogP contribution in [-0.4, -0.2) is 32.0 Å². The van der Waals surface area contributed by atoms with Crippen molar-refractivity contribution in [2.45, 2.75) is 90.4 Å². The number of nitrogens with two attached hydrogens (primary N) is 1. The number of methoxy groups -OCH3 is 1. The summed E-state index contributed by atoms with van der Waals surface area (Å²) < 4.78 is 11.6. The lowest BCUT2D eigenvalue weighted by atomic mass is 9.71. The molecular weight excluding hydrogens is 250 g/mol. The van der Waals surface area contributed by atoms with Gasteiger partial charge in [0.25, 0.3) is 0 Å². The van der Waals surface area contributed by atoms with Gasteiger partial charge in [0, 0.05) is 13.7 Å². The Labute approximate surface area is 125 Å². The van der Waals surface area contributed by atoms with Crippen LogP contribution in [0.5, 0.6) is 0 Å². The fourth-order valence-electron chi connectivity index (χ4n) is 3.35. The molecule has 20 heavy (non-hydrogen) atoms. The van der Waals surface area contributed by atoms with Crippen LogP contribution in [0.15, 0.2) is 0 Å². The predicted molar refractivity (Wildman–Crippen MR) is 84.9 cm³/mol. The first-order chi connectivity index (χ1) is 9.53. The summed E-state index contributed by atoms with van der Waals surface area (Å²) in [5.74, 6) is 0. The average molecular weight is 285 g/mol. The van der Waals surface area contributed by atoms with E-state index in [0.717, 1.165) is 25.9 Å². The summed E-state index contributed by atoms with van der Waals surface area (Å²) >= 11 is 0. The summed E-state index contributed by atoms with van der Waals surface area (Å²) in [4.78, 5) is 0. The molecule has 1 aliphatic rings. The van der Waals surface area contributed by atoms with Gasteiger partial charge in [-0.1, -0.05) is 52.9 Å². The number of unbranched alkanes of at least 4 members (excludes halogenated alkanes) is 5. The normalized spacial score (nSPS) is 29.6. The van der Waals surface area contributed by atoms with Gasteiger partial charge in [-0.15, -0.1) is 0 Å². The Morgan fingerprint density at radius 2 is 1.75 bits per heavy atom. The molecule has 3 heteroatoms. The smallest absolute Gasteiger partial charge is 0.0798 e. The SMILES string of the molecule is CCCCCCCCOC1CCC(C)(C)C(OC)C1N. The Kier molecular flexibility index (Phi) is 8.08. The molecule has 3 unspecified atom stereocenters. The first-order valence-electron chi connectivity index (χ1n) is 8.43. The maximum atomic E-state index is 6.34. The summed E-state index contributed by atoms with van der Waals surface area (Å²) in [6, 6.07) is 0.00356. The van der Waals surface area contributed by atoms with Crippen LogP contribution in [0.1, 0.15) is 72.1 Å². The zero-order chi connectivity index (χ0) is 15.0. The lowest BCUT2D eigenvalue weighted by Gasteiger charge is -2.45. The van der Waals surface area contributed by atoms with E-state index in [4.69, 9.17) is 15.2 Å². The molecule has 0 aromatic heterocycles. The van der Waals surface area contributed by atoms with Crippen LogP contribution in [0.25, 0.3) is 0 Å². The Bertz CT molecular complexity index is 255. The summed E-state index contributed by atoms with van der Waals surface area (Å²) in [5, 5.41) is 0. The highest BCUT2D eigenvalue weighted by atomic mass is 16.5. The number of hydrogen-bond donors (Lipinski definition) is 1. The molecule has 0 saturated heterocycles. The van der Waals surface area contributed by atoms with Crippen molar-refractivity contribution in [3.8, 4) is 0 Å². The third-order valence-corrected chi connectivity index (χ3v) is 4.71. The van der Waals surface area contributed by atoms with E-state index in [2.05, 4.69) is 20.8 Å². The zero-order valence-corrected chi connectivity index (χ0v) is 14.0. The molecular formula is C17H35NO2. The first kappa shape index (κ1) is 17.9. The molecule has 1 rings (SSSR count). The van der Waals surface area contributed by atoms with Gasteiger partial charge in [0.15, 0.2) is 0 Å². The summed E-state index contributed by atoms with van der Waals surface area (Å²) in [7, 11) is 1.77. The summed E-state index contributed by atoms with van der Waals surface area (Å²) in [6.45, 7) is 7.58. The minimum atomic E-state index is 0.00356. The van der Waals surface area contributed by atoms with Crippen molar-refractivity contribution in [2.24, 2.45) is 11.1 Å². The van der Waals surface area contributed by atoms with Crippen LogP contribution in [0.3, 0.4) is 0 Å². The molecule has 2 N–H and O–H groups in total. The topological polar surface area (TPSA) is 44.5 Å². The molecule has 3 atom stereocenters. The molecule has 0 spiro atoms. The maximum Gasteiger partial charge on any atom is 0.0798 e. The standard InChI is InChI=1S/C17H35NO2/c1-5-6-7-8-9-10-13-20-14-11-12-17(2,3)16(19-4)15(14)18/h14-16H,5-13,18H2,1-4H3. The minimum absolute atomic E-state index is 0.00356. The highest BCUT2D eigenvalue weighted by Gasteiger charge is 2.42. The number of ether oxygens (including phenoxy) is 2. The van der Waals surface area contributed by atoms with E-state index in [1.54, 1.807) is 7.11 Å². The minimum Gasteiger partial charge on any atom is -0.379 e. The molecule has 0 bridgehead atoms. The highest BCUT2D eigenvalue weighted by molar-refractivity contribution is 4.96. The van der Waals surface area contributed by atoms with E-state index >= 15 is 0 Å². The second-order valence-corrected chi connectivity index (χ2v) is 6.94. The van der Waals surface area contributed by atoms with Gasteiger partial charge in [-0.05, 0) is 24.7 Å². The molecule has 0 aliphatic heterocycles. The molecule has 0 amide bonds. The van der Waals surface area contributed by atoms with E-state index < -0.39 is 0 Å². The van der Waals surface area contributed by atoms with Crippen LogP contribution >= 0.6 is 0 Å². The Morgan fingerprint density at radius 1 is 1.10 bits per heavy atom. The van der Waals surface area contributed by atoms with Crippen molar-refractivity contribution in [2.75, 3.05) is 13.7 Å². The van der Waals surface area contributed by atoms with E-state index in [-0.39, 0.29) is 23.7 Å². The third-order valence-electron chi connectivity index (χ3n) is 4.71. The Hall–Kier alpha value is -0.120. The second kappa shape index (κ2) is 9.01. The van der Waals surface area contributed by atoms with Crippen molar-refractivity contribution < 1.29 is 9.47 Å². The van der Waals surface area contributed by atoms with Crippen molar-refractivity contribution in [3.63, 3.8) is 0 Å². The predicted octanol–water partition coefficient (Wildman–Crippen LogP) is 3.89. The van der Waals surface area contributed by atoms with Crippen molar-refractivity contribution in [1.29, 1.82) is 0 Å². The van der Waals surface area contributed by atoms with E-state index in [1.165, 1.54) is 32.1 Å². The summed E-state index contributed by atoms with van der Waals surface area (Å²) in [5.41, 5.74) is 6.50. The fraction of sp³-hybridized carbons (Fsp3) is 1.00. The highest BCUT2D eigenvalue weighted by Crippen LogP contribution is 2.37. The molecule has 0 aromatic rings. The molecule has 3 nitrogen and oxygen atoms in total. The molecule has 0 aromatic carbocycles. The third kappa shape index (κ3) is 5.34. The van der Waals surface area contributed by atoms with Crippen LogP contribution in [0, 0.1) is 5.41 Å². The molecule has 0 heterocycles. The lowest BCUT2D eigenvalue weighted by Crippen LogP contribution is -2.57. The maximum absolute atomic E-state index is 6.34. The van der Waals surface area contributed by atoms with Gasteiger partial charge < -0.3 is 15.2 Å². The molecule has 1 aliphatic carbocycles. The van der Waals surface area contributed by atoms with Gasteiger partial charge >= 0.3 is 0 Å². The number of hydrogen-bond acceptors (Lipinski definition) is 3. The monoisotopic (exact) mass is 285 g/mol. The molecule has 1 fully saturated rings. The van der Waals surface area contributed by atoms with Crippen molar-refractivity contribution >= 4 is 0 Å². The van der Waals surface area contributed by atoms with Crippen LogP contribution in [-0.2, 0) is 9.47 Å². The molecule has 120 valence electrons. The van der Waals surface area contributed by atoms with E-state index in [9.17, 15) is 0 Å². The average Bonchev–Trinajstić information content (AvgIpc) is 2.40. The first-order valence-corrected chi connectivity index (χ1v) is 8.43. The van der Waals surface area contributed by atoms with Gasteiger partial charge in [0.05, 0.1) is 18.2 Å². The van der Waals surface area contributed by atoms with Crippen LogP contribution < -0.4 is 5.73 Å². The van der Waals surface area contributed by atoms with Gasteiger partial charge in [-0.25, -0.2) is 0 Å². The fourth-order valence-corrected chi connectivity index (χ4v) is 3.35. The Balaban J connectivity index is 2.21. The second-order valence-electron chi connectivity index (χ2n) is 6.94. The largest absolute Gasteiger partial charge is 0.379 e. The van der Waals surface area contributed by atoms with E-state index in [0.29, 0.717) is 0 Å². The van der Waals surface area contributed by atoms with Gasteiger partial charge in [-0.2, -0.15) is 0 Å². The zero-order valence-electron chi connectivity index (χ0n) is 14.0. The quantitative estimate of drug-likeness (QED) is 0.654. The van der Waals surface area contributed by atoms with Crippen LogP contribution in [0.2, 0.25) is 0 Å². The number of rotatable bonds is 9. The summed E-state index contributed by atoms with van der Waals surface area (Å²) in [6.07, 6.45) is 10.3. The van der Waals surface area contributed by atoms with Crippen molar-refractivity contribution in [1.82, 2.24) is 0 Å². The van der Waals surface area contributed by atoms with Gasteiger partial charge in [0.2, 0.25) is 0 Å². The van der Waals surface area contributed by atoms with E-state index in [1.807, 2.05) is 0 Å². The van der Waals surface area contributed by atoms with Gasteiger partial charge in [-0.3, -0.25) is 0 Å². The van der Waals surface area contributed by atoms with Crippen molar-refractivity contribution in [3.05, 3.63) is 0 Å². The molecule has 1 saturated carbocycles. The lowest BCUT2D eigenvalue weighted by molar-refractivity contribution is -0.101. The Morgan fingerprint density at radius 3 is 2.40 bits per heavy atom. The van der Waals surface area contributed by atoms with Gasteiger partial charge in [0.1, 0.15) is 0 Å².